The van der Waals surface area contributed by atoms with E-state index in [1.54, 1.807) is 0 Å². The van der Waals surface area contributed by atoms with E-state index in [1.165, 1.54) is 18.4 Å². The number of rotatable bonds is 4. The molecular formula is C14H20N2O2. The maximum Gasteiger partial charge on any atom is 0.161 e. The lowest BCUT2D eigenvalue weighted by Crippen LogP contribution is -2.32. The molecule has 1 aromatic carbocycles. The summed E-state index contributed by atoms with van der Waals surface area (Å²) in [5.74, 6) is 1.70. The summed E-state index contributed by atoms with van der Waals surface area (Å²) in [4.78, 5) is 0. The molecule has 0 aromatic heterocycles. The van der Waals surface area contributed by atoms with Crippen molar-refractivity contribution in [3.05, 3.63) is 23.8 Å². The third-order valence-corrected chi connectivity index (χ3v) is 4.10. The van der Waals surface area contributed by atoms with Gasteiger partial charge < -0.3 is 20.5 Å². The van der Waals surface area contributed by atoms with Crippen LogP contribution >= 0.6 is 0 Å². The highest BCUT2D eigenvalue weighted by atomic mass is 16.6. The molecule has 1 fully saturated rings. The molecule has 3 N–H and O–H groups in total. The van der Waals surface area contributed by atoms with Crippen molar-refractivity contribution in [1.29, 1.82) is 0 Å². The van der Waals surface area contributed by atoms with Crippen LogP contribution in [-0.4, -0.2) is 26.8 Å². The summed E-state index contributed by atoms with van der Waals surface area (Å²) in [6.07, 6.45) is 2.40. The summed E-state index contributed by atoms with van der Waals surface area (Å²) in [7, 11) is 2.00. The van der Waals surface area contributed by atoms with Crippen molar-refractivity contribution in [2.75, 3.05) is 26.8 Å². The van der Waals surface area contributed by atoms with E-state index < -0.39 is 0 Å². The zero-order valence-electron chi connectivity index (χ0n) is 10.7. The number of ether oxygens (including phenoxy) is 2. The van der Waals surface area contributed by atoms with Crippen LogP contribution in [0.2, 0.25) is 0 Å². The number of nitrogens with two attached hydrogens (primary N) is 1. The first-order chi connectivity index (χ1) is 8.79. The predicted octanol–water partition coefficient (Wildman–Crippen LogP) is 1.46. The van der Waals surface area contributed by atoms with E-state index in [2.05, 4.69) is 17.4 Å². The van der Waals surface area contributed by atoms with Gasteiger partial charge in [0, 0.05) is 11.5 Å². The maximum atomic E-state index is 5.92. The highest BCUT2D eigenvalue weighted by Crippen LogP contribution is 2.54. The lowest BCUT2D eigenvalue weighted by molar-refractivity contribution is 0.171. The highest BCUT2D eigenvalue weighted by molar-refractivity contribution is 5.45. The molecule has 0 radical (unpaired) electrons. The zero-order valence-corrected chi connectivity index (χ0v) is 10.7. The minimum absolute atomic E-state index is 0.235. The van der Waals surface area contributed by atoms with Crippen LogP contribution in [-0.2, 0) is 0 Å². The van der Waals surface area contributed by atoms with E-state index in [1.807, 2.05) is 13.1 Å². The lowest BCUT2D eigenvalue weighted by Gasteiger charge is -2.27. The normalized spacial score (nSPS) is 21.4. The first-order valence-electron chi connectivity index (χ1n) is 6.56. The van der Waals surface area contributed by atoms with Gasteiger partial charge in [0.2, 0.25) is 0 Å². The lowest BCUT2D eigenvalue weighted by atomic mass is 9.90. The molecule has 1 unspecified atom stereocenters. The number of nitrogens with one attached hydrogen (secondary N) is 1. The van der Waals surface area contributed by atoms with Gasteiger partial charge in [0.1, 0.15) is 13.2 Å². The number of benzene rings is 1. The van der Waals surface area contributed by atoms with Crippen LogP contribution in [0.25, 0.3) is 0 Å². The maximum absolute atomic E-state index is 5.92. The molecule has 4 nitrogen and oxygen atoms in total. The Balaban J connectivity index is 1.91. The van der Waals surface area contributed by atoms with Gasteiger partial charge in [-0.05, 0) is 44.1 Å². The fraction of sp³-hybridized carbons (Fsp3) is 0.571. The second kappa shape index (κ2) is 4.44. The summed E-state index contributed by atoms with van der Waals surface area (Å²) in [5.41, 5.74) is 7.40. The van der Waals surface area contributed by atoms with Gasteiger partial charge in [-0.2, -0.15) is 0 Å². The molecule has 3 rings (SSSR count). The number of hydrogen-bond acceptors (Lipinski definition) is 4. The van der Waals surface area contributed by atoms with Gasteiger partial charge >= 0.3 is 0 Å². The Morgan fingerprint density at radius 1 is 1.28 bits per heavy atom. The molecule has 1 saturated carbocycles. The van der Waals surface area contributed by atoms with E-state index in [-0.39, 0.29) is 5.41 Å². The summed E-state index contributed by atoms with van der Waals surface area (Å²) in [6, 6.07) is 6.51. The molecule has 4 heteroatoms. The van der Waals surface area contributed by atoms with Crippen molar-refractivity contribution in [3.63, 3.8) is 0 Å². The second-order valence-electron chi connectivity index (χ2n) is 5.19. The average molecular weight is 248 g/mol. The van der Waals surface area contributed by atoms with Crippen molar-refractivity contribution in [2.24, 2.45) is 11.1 Å². The molecule has 1 atom stereocenters. The molecule has 0 bridgehead atoms. The Morgan fingerprint density at radius 2 is 2.00 bits per heavy atom. The molecule has 1 aromatic rings. The van der Waals surface area contributed by atoms with E-state index in [0.717, 1.165) is 18.0 Å². The largest absolute Gasteiger partial charge is 0.486 e. The Hall–Kier alpha value is -1.26. The molecule has 1 aliphatic heterocycles. The summed E-state index contributed by atoms with van der Waals surface area (Å²) in [6.45, 7) is 1.99. The summed E-state index contributed by atoms with van der Waals surface area (Å²) < 4.78 is 11.2. The van der Waals surface area contributed by atoms with Crippen LogP contribution in [0.5, 0.6) is 11.5 Å². The molecule has 1 heterocycles. The SMILES string of the molecule is CNC(c1ccc2c(c1)OCCO2)C1(CN)CC1. The minimum atomic E-state index is 0.235. The van der Waals surface area contributed by atoms with Gasteiger partial charge in [0.15, 0.2) is 11.5 Å². The molecule has 1 aliphatic carbocycles. The molecule has 18 heavy (non-hydrogen) atoms. The van der Waals surface area contributed by atoms with Gasteiger partial charge in [-0.1, -0.05) is 6.07 Å². The van der Waals surface area contributed by atoms with Crippen LogP contribution in [0.4, 0.5) is 0 Å². The van der Waals surface area contributed by atoms with E-state index in [0.29, 0.717) is 19.3 Å². The van der Waals surface area contributed by atoms with Crippen molar-refractivity contribution in [1.82, 2.24) is 5.32 Å². The second-order valence-corrected chi connectivity index (χ2v) is 5.19. The average Bonchev–Trinajstić information content (AvgIpc) is 3.20. The van der Waals surface area contributed by atoms with Crippen LogP contribution in [0.1, 0.15) is 24.4 Å². The van der Waals surface area contributed by atoms with Crippen LogP contribution in [0, 0.1) is 5.41 Å². The standard InChI is InChI=1S/C14H20N2O2/c1-16-13(14(9-15)4-5-14)10-2-3-11-12(8-10)18-7-6-17-11/h2-3,8,13,16H,4-7,9,15H2,1H3. The van der Waals surface area contributed by atoms with Crippen LogP contribution < -0.4 is 20.5 Å². The quantitative estimate of drug-likeness (QED) is 0.847. The molecule has 2 aliphatic rings. The fourth-order valence-electron chi connectivity index (χ4n) is 2.84. The smallest absolute Gasteiger partial charge is 0.161 e. The molecule has 0 spiro atoms. The summed E-state index contributed by atoms with van der Waals surface area (Å²) >= 11 is 0. The molecule has 0 amide bonds. The Morgan fingerprint density at radius 3 is 2.61 bits per heavy atom. The Kier molecular flexibility index (Phi) is 2.92. The molecular weight excluding hydrogens is 228 g/mol. The van der Waals surface area contributed by atoms with Crippen molar-refractivity contribution < 1.29 is 9.47 Å². The van der Waals surface area contributed by atoms with Gasteiger partial charge in [-0.3, -0.25) is 0 Å². The van der Waals surface area contributed by atoms with Crippen molar-refractivity contribution in [2.45, 2.75) is 18.9 Å². The zero-order chi connectivity index (χ0) is 12.6. The van der Waals surface area contributed by atoms with E-state index >= 15 is 0 Å². The molecule has 0 saturated heterocycles. The Labute approximate surface area is 107 Å². The van der Waals surface area contributed by atoms with Crippen molar-refractivity contribution in [3.8, 4) is 11.5 Å². The van der Waals surface area contributed by atoms with Gasteiger partial charge in [0.25, 0.3) is 0 Å². The predicted molar refractivity (Wildman–Crippen MR) is 70.0 cm³/mol. The number of fused-ring (bicyclic) bond motifs is 1. The van der Waals surface area contributed by atoms with Gasteiger partial charge in [-0.15, -0.1) is 0 Å². The first-order valence-corrected chi connectivity index (χ1v) is 6.56. The van der Waals surface area contributed by atoms with E-state index in [9.17, 15) is 0 Å². The van der Waals surface area contributed by atoms with Gasteiger partial charge in [-0.25, -0.2) is 0 Å². The van der Waals surface area contributed by atoms with E-state index in [4.69, 9.17) is 15.2 Å². The van der Waals surface area contributed by atoms with Crippen LogP contribution in [0.15, 0.2) is 18.2 Å². The summed E-state index contributed by atoms with van der Waals surface area (Å²) in [5, 5.41) is 3.40. The van der Waals surface area contributed by atoms with Crippen molar-refractivity contribution >= 4 is 0 Å². The third-order valence-electron chi connectivity index (χ3n) is 4.10. The monoisotopic (exact) mass is 248 g/mol. The van der Waals surface area contributed by atoms with Crippen LogP contribution in [0.3, 0.4) is 0 Å². The topological polar surface area (TPSA) is 56.5 Å². The fourth-order valence-corrected chi connectivity index (χ4v) is 2.84. The molecule has 98 valence electrons. The highest BCUT2D eigenvalue weighted by Gasteiger charge is 2.48. The minimum Gasteiger partial charge on any atom is -0.486 e. The first kappa shape index (κ1) is 11.8. The Bertz CT molecular complexity index is 443. The third kappa shape index (κ3) is 1.85. The van der Waals surface area contributed by atoms with Gasteiger partial charge in [0.05, 0.1) is 0 Å². The number of hydrogen-bond donors (Lipinski definition) is 2.